The fraction of sp³-hybridized carbons (Fsp3) is 0.160. The molecule has 0 spiro atoms. The van der Waals surface area contributed by atoms with Gasteiger partial charge in [0.15, 0.2) is 5.78 Å². The molecule has 0 radical (unpaired) electrons. The summed E-state index contributed by atoms with van der Waals surface area (Å²) in [7, 11) is 0. The fourth-order valence-electron chi connectivity index (χ4n) is 3.18. The second-order valence-electron chi connectivity index (χ2n) is 7.09. The average molecular weight is 447 g/mol. The number of nitrogens with one attached hydrogen (secondary N) is 2. The summed E-state index contributed by atoms with van der Waals surface area (Å²) in [6.45, 7) is 2.86. The number of carbonyl (C=O) groups is 1. The number of hydrogen-bond donors (Lipinski definition) is 2. The first-order chi connectivity index (χ1) is 15.4. The molecule has 2 aromatic carbocycles. The Kier molecular flexibility index (Phi) is 7.57. The van der Waals surface area contributed by atoms with Crippen molar-refractivity contribution in [1.29, 1.82) is 5.26 Å². The summed E-state index contributed by atoms with van der Waals surface area (Å²) >= 11 is 5.89. The van der Waals surface area contributed by atoms with Crippen molar-refractivity contribution in [2.24, 2.45) is 0 Å². The van der Waals surface area contributed by atoms with Crippen LogP contribution in [0.3, 0.4) is 0 Å². The smallest absolute Gasteiger partial charge is 0.159 e. The number of hydrogen-bond acceptors (Lipinski definition) is 5. The van der Waals surface area contributed by atoms with Crippen LogP contribution in [0, 0.1) is 36.4 Å². The number of benzene rings is 2. The van der Waals surface area contributed by atoms with Crippen molar-refractivity contribution in [2.75, 3.05) is 18.4 Å². The van der Waals surface area contributed by atoms with Crippen LogP contribution in [-0.4, -0.2) is 23.9 Å². The van der Waals surface area contributed by atoms with Crippen LogP contribution >= 0.6 is 11.6 Å². The van der Waals surface area contributed by atoms with Crippen molar-refractivity contribution < 1.29 is 9.18 Å². The maximum atomic E-state index is 13.5. The fourth-order valence-corrected chi connectivity index (χ4v) is 3.36. The highest BCUT2D eigenvalue weighted by Crippen LogP contribution is 2.32. The Morgan fingerprint density at radius 1 is 1.34 bits per heavy atom. The molecule has 0 saturated carbocycles. The van der Waals surface area contributed by atoms with E-state index >= 15 is 0 Å². The van der Waals surface area contributed by atoms with E-state index in [1.54, 1.807) is 6.08 Å². The van der Waals surface area contributed by atoms with E-state index in [0.717, 1.165) is 11.1 Å². The molecule has 0 aliphatic heterocycles. The van der Waals surface area contributed by atoms with Crippen molar-refractivity contribution in [3.8, 4) is 18.4 Å². The average Bonchev–Trinajstić information content (AvgIpc) is 2.77. The minimum atomic E-state index is -0.531. The molecule has 7 heteroatoms. The number of aromatic nitrogens is 1. The Labute approximate surface area is 190 Å². The molecule has 3 rings (SSSR count). The SMILES string of the molecule is C#CCNC/C=C/C(=O)Cc1cc2c(Nc3ccc(F)c(Cl)c3)c(C#N)cnc2cc1C. The standard InChI is InChI=1S/C25H20ClFN4O/c1-3-8-29-9-4-5-20(32)11-17-12-21-24(10-16(17)2)30-15-18(14-28)25(21)31-19-6-7-23(27)22(26)13-19/h1,4-7,10,12-13,15,29H,8-9,11H2,2H3,(H,30,31)/b5-4+. The third kappa shape index (κ3) is 5.50. The minimum absolute atomic E-state index is 0.0301. The summed E-state index contributed by atoms with van der Waals surface area (Å²) < 4.78 is 13.5. The molecule has 32 heavy (non-hydrogen) atoms. The lowest BCUT2D eigenvalue weighted by molar-refractivity contribution is -0.114. The molecule has 0 bridgehead atoms. The first-order valence-electron chi connectivity index (χ1n) is 9.81. The Balaban J connectivity index is 1.95. The van der Waals surface area contributed by atoms with Crippen molar-refractivity contribution in [2.45, 2.75) is 13.3 Å². The zero-order chi connectivity index (χ0) is 23.1. The summed E-state index contributed by atoms with van der Waals surface area (Å²) in [5, 5.41) is 16.4. The van der Waals surface area contributed by atoms with E-state index in [9.17, 15) is 14.4 Å². The van der Waals surface area contributed by atoms with Crippen LogP contribution in [0.15, 0.2) is 48.7 Å². The van der Waals surface area contributed by atoms with Crippen LogP contribution < -0.4 is 10.6 Å². The molecule has 0 atom stereocenters. The number of allylic oxidation sites excluding steroid dienone is 1. The summed E-state index contributed by atoms with van der Waals surface area (Å²) in [4.78, 5) is 16.8. The summed E-state index contributed by atoms with van der Waals surface area (Å²) in [6.07, 6.45) is 10.1. The molecular formula is C25H20ClFN4O. The number of terminal acetylenes is 1. The molecule has 2 N–H and O–H groups in total. The maximum absolute atomic E-state index is 13.5. The molecule has 5 nitrogen and oxygen atoms in total. The van der Waals surface area contributed by atoms with E-state index in [2.05, 4.69) is 27.6 Å². The zero-order valence-electron chi connectivity index (χ0n) is 17.4. The van der Waals surface area contributed by atoms with Gasteiger partial charge in [-0.1, -0.05) is 23.6 Å². The number of aryl methyl sites for hydroxylation is 1. The lowest BCUT2D eigenvalue weighted by Crippen LogP contribution is -2.13. The lowest BCUT2D eigenvalue weighted by atomic mass is 9.98. The maximum Gasteiger partial charge on any atom is 0.159 e. The number of nitrogens with zero attached hydrogens (tertiary/aromatic N) is 2. The van der Waals surface area contributed by atoms with Gasteiger partial charge in [-0.05, 0) is 54.5 Å². The molecule has 1 heterocycles. The Morgan fingerprint density at radius 2 is 2.16 bits per heavy atom. The quantitative estimate of drug-likeness (QED) is 0.294. The van der Waals surface area contributed by atoms with Crippen LogP contribution in [0.2, 0.25) is 5.02 Å². The van der Waals surface area contributed by atoms with Crippen LogP contribution in [-0.2, 0) is 11.2 Å². The first kappa shape index (κ1) is 23.0. The van der Waals surface area contributed by atoms with Crippen LogP contribution in [0.5, 0.6) is 0 Å². The van der Waals surface area contributed by atoms with Gasteiger partial charge in [-0.3, -0.25) is 9.78 Å². The molecule has 0 amide bonds. The second kappa shape index (κ2) is 10.5. The molecule has 0 aliphatic carbocycles. The normalized spacial score (nSPS) is 10.8. The number of nitriles is 1. The van der Waals surface area contributed by atoms with E-state index < -0.39 is 5.82 Å². The number of anilines is 2. The molecule has 1 aromatic heterocycles. The van der Waals surface area contributed by atoms with Gasteiger partial charge in [0, 0.05) is 30.2 Å². The molecule has 3 aromatic rings. The van der Waals surface area contributed by atoms with E-state index in [-0.39, 0.29) is 17.2 Å². The van der Waals surface area contributed by atoms with Gasteiger partial charge in [0.2, 0.25) is 0 Å². The van der Waals surface area contributed by atoms with Gasteiger partial charge in [-0.25, -0.2) is 4.39 Å². The number of ketones is 1. The molecule has 0 aliphatic rings. The van der Waals surface area contributed by atoms with Crippen molar-refractivity contribution in [3.05, 3.63) is 76.2 Å². The largest absolute Gasteiger partial charge is 0.354 e. The van der Waals surface area contributed by atoms with Gasteiger partial charge < -0.3 is 10.6 Å². The predicted molar refractivity (Wildman–Crippen MR) is 125 cm³/mol. The van der Waals surface area contributed by atoms with Crippen LogP contribution in [0.1, 0.15) is 16.7 Å². The summed E-state index contributed by atoms with van der Waals surface area (Å²) in [5.41, 5.74) is 3.77. The van der Waals surface area contributed by atoms with Gasteiger partial charge in [-0.2, -0.15) is 5.26 Å². The van der Waals surface area contributed by atoms with Crippen LogP contribution in [0.25, 0.3) is 10.9 Å². The molecule has 160 valence electrons. The number of carbonyl (C=O) groups excluding carboxylic acids is 1. The number of fused-ring (bicyclic) bond motifs is 1. The van der Waals surface area contributed by atoms with Gasteiger partial charge in [0.05, 0.1) is 28.3 Å². The molecule has 0 saturated heterocycles. The third-order valence-corrected chi connectivity index (χ3v) is 5.08. The van der Waals surface area contributed by atoms with E-state index in [0.29, 0.717) is 40.9 Å². The first-order valence-corrected chi connectivity index (χ1v) is 10.2. The Morgan fingerprint density at radius 3 is 2.88 bits per heavy atom. The summed E-state index contributed by atoms with van der Waals surface area (Å²) in [6, 6.07) is 10.1. The molecular weight excluding hydrogens is 427 g/mol. The topological polar surface area (TPSA) is 77.8 Å². The highest BCUT2D eigenvalue weighted by Gasteiger charge is 2.14. The van der Waals surface area contributed by atoms with Crippen molar-refractivity contribution >= 4 is 39.7 Å². The van der Waals surface area contributed by atoms with Crippen molar-refractivity contribution in [1.82, 2.24) is 10.3 Å². The van der Waals surface area contributed by atoms with Crippen LogP contribution in [0.4, 0.5) is 15.8 Å². The van der Waals surface area contributed by atoms with E-state index in [4.69, 9.17) is 18.0 Å². The lowest BCUT2D eigenvalue weighted by Gasteiger charge is -2.14. The Hall–Kier alpha value is -3.71. The predicted octanol–water partition coefficient (Wildman–Crippen LogP) is 4.84. The minimum Gasteiger partial charge on any atom is -0.354 e. The number of halogens is 2. The van der Waals surface area contributed by atoms with Gasteiger partial charge in [0.25, 0.3) is 0 Å². The van der Waals surface area contributed by atoms with Gasteiger partial charge in [-0.15, -0.1) is 6.42 Å². The molecule has 0 unspecified atom stereocenters. The Bertz CT molecular complexity index is 1290. The summed E-state index contributed by atoms with van der Waals surface area (Å²) in [5.74, 6) is 1.88. The number of pyridine rings is 1. The number of rotatable bonds is 8. The van der Waals surface area contributed by atoms with Gasteiger partial charge in [0.1, 0.15) is 11.9 Å². The van der Waals surface area contributed by atoms with Gasteiger partial charge >= 0.3 is 0 Å². The second-order valence-corrected chi connectivity index (χ2v) is 7.50. The highest BCUT2D eigenvalue weighted by molar-refractivity contribution is 6.31. The van der Waals surface area contributed by atoms with Crippen molar-refractivity contribution in [3.63, 3.8) is 0 Å². The molecule has 0 fully saturated rings. The third-order valence-electron chi connectivity index (χ3n) is 4.79. The monoisotopic (exact) mass is 446 g/mol. The van der Waals surface area contributed by atoms with E-state index in [1.165, 1.54) is 30.5 Å². The van der Waals surface area contributed by atoms with E-state index in [1.807, 2.05) is 19.1 Å². The highest BCUT2D eigenvalue weighted by atomic mass is 35.5. The zero-order valence-corrected chi connectivity index (χ0v) is 18.1.